The summed E-state index contributed by atoms with van der Waals surface area (Å²) in [7, 11) is 1.58. The number of rotatable bonds is 6. The van der Waals surface area contributed by atoms with Crippen molar-refractivity contribution in [1.29, 1.82) is 0 Å². The largest absolute Gasteiger partial charge is 0.497 e. The van der Waals surface area contributed by atoms with Crippen LogP contribution in [0.3, 0.4) is 0 Å². The Morgan fingerprint density at radius 1 is 1.17 bits per heavy atom. The highest BCUT2D eigenvalue weighted by atomic mass is 19.1. The zero-order chi connectivity index (χ0) is 20.4. The van der Waals surface area contributed by atoms with Crippen LogP contribution >= 0.6 is 0 Å². The van der Waals surface area contributed by atoms with E-state index in [9.17, 15) is 9.50 Å². The van der Waals surface area contributed by atoms with Gasteiger partial charge >= 0.3 is 0 Å². The third kappa shape index (κ3) is 4.65. The van der Waals surface area contributed by atoms with E-state index in [4.69, 9.17) is 10.5 Å². The molecule has 0 bridgehead atoms. The van der Waals surface area contributed by atoms with E-state index < -0.39 is 5.54 Å². The Balaban J connectivity index is 1.38. The van der Waals surface area contributed by atoms with Crippen LogP contribution in [0, 0.1) is 11.7 Å². The summed E-state index contributed by atoms with van der Waals surface area (Å²) in [6, 6.07) is 12.0. The first-order valence-electron chi connectivity index (χ1n) is 10.8. The molecule has 1 unspecified atom stereocenters. The number of methoxy groups -OCH3 is 1. The van der Waals surface area contributed by atoms with E-state index in [-0.39, 0.29) is 12.4 Å². The van der Waals surface area contributed by atoms with Gasteiger partial charge in [0.1, 0.15) is 11.6 Å². The Morgan fingerprint density at radius 2 is 2.03 bits per heavy atom. The van der Waals surface area contributed by atoms with Crippen LogP contribution in [0.15, 0.2) is 36.4 Å². The van der Waals surface area contributed by atoms with Gasteiger partial charge in [0.15, 0.2) is 0 Å². The van der Waals surface area contributed by atoms with Gasteiger partial charge in [-0.25, -0.2) is 4.39 Å². The molecule has 2 aliphatic rings. The molecule has 3 atom stereocenters. The summed E-state index contributed by atoms with van der Waals surface area (Å²) in [5, 5.41) is 9.54. The molecule has 2 aromatic carbocycles. The number of benzene rings is 2. The van der Waals surface area contributed by atoms with Crippen molar-refractivity contribution in [2.24, 2.45) is 11.7 Å². The van der Waals surface area contributed by atoms with Crippen molar-refractivity contribution in [1.82, 2.24) is 0 Å². The minimum atomic E-state index is -0.398. The van der Waals surface area contributed by atoms with Gasteiger partial charge in [-0.05, 0) is 97.6 Å². The van der Waals surface area contributed by atoms with E-state index in [1.165, 1.54) is 29.2 Å². The van der Waals surface area contributed by atoms with Crippen molar-refractivity contribution in [2.45, 2.75) is 62.8 Å². The van der Waals surface area contributed by atoms with Crippen molar-refractivity contribution in [3.8, 4) is 5.75 Å². The molecule has 156 valence electrons. The second-order valence-corrected chi connectivity index (χ2v) is 9.14. The predicted octanol–water partition coefficient (Wildman–Crippen LogP) is 4.53. The first-order chi connectivity index (χ1) is 14.0. The smallest absolute Gasteiger partial charge is 0.127 e. The van der Waals surface area contributed by atoms with Crippen LogP contribution in [0.5, 0.6) is 5.75 Å². The van der Waals surface area contributed by atoms with Gasteiger partial charge in [0, 0.05) is 11.6 Å². The van der Waals surface area contributed by atoms with Gasteiger partial charge in [-0.2, -0.15) is 0 Å². The van der Waals surface area contributed by atoms with Gasteiger partial charge in [0.2, 0.25) is 0 Å². The fourth-order valence-electron chi connectivity index (χ4n) is 5.19. The quantitative estimate of drug-likeness (QED) is 0.753. The predicted molar refractivity (Wildman–Crippen MR) is 114 cm³/mol. The normalized spacial score (nSPS) is 26.3. The molecule has 3 nitrogen and oxygen atoms in total. The molecule has 1 fully saturated rings. The number of hydrogen-bond acceptors (Lipinski definition) is 3. The van der Waals surface area contributed by atoms with Gasteiger partial charge in [-0.15, -0.1) is 0 Å². The van der Waals surface area contributed by atoms with Crippen molar-refractivity contribution < 1.29 is 14.2 Å². The zero-order valence-electron chi connectivity index (χ0n) is 17.3. The maximum Gasteiger partial charge on any atom is 0.127 e. The lowest BCUT2D eigenvalue weighted by molar-refractivity contribution is 0.198. The van der Waals surface area contributed by atoms with Crippen LogP contribution < -0.4 is 10.5 Å². The van der Waals surface area contributed by atoms with E-state index in [2.05, 4.69) is 18.2 Å². The lowest BCUT2D eigenvalue weighted by Crippen LogP contribution is -2.40. The molecule has 0 saturated heterocycles. The molecule has 29 heavy (non-hydrogen) atoms. The first kappa shape index (κ1) is 20.4. The lowest BCUT2D eigenvalue weighted by Gasteiger charge is -2.26. The number of fused-ring (bicyclic) bond motifs is 1. The van der Waals surface area contributed by atoms with Crippen molar-refractivity contribution in [3.05, 3.63) is 64.5 Å². The van der Waals surface area contributed by atoms with Crippen LogP contribution in [0.4, 0.5) is 4.39 Å². The summed E-state index contributed by atoms with van der Waals surface area (Å²) in [6.07, 6.45) is 8.20. The molecule has 0 aliphatic heterocycles. The third-order valence-corrected chi connectivity index (χ3v) is 7.00. The summed E-state index contributed by atoms with van der Waals surface area (Å²) in [4.78, 5) is 0. The molecule has 2 aromatic rings. The van der Waals surface area contributed by atoms with Gasteiger partial charge < -0.3 is 15.6 Å². The minimum absolute atomic E-state index is 0.0767. The van der Waals surface area contributed by atoms with Crippen molar-refractivity contribution in [3.63, 3.8) is 0 Å². The zero-order valence-corrected chi connectivity index (χ0v) is 17.3. The van der Waals surface area contributed by atoms with Crippen LogP contribution in [-0.2, 0) is 19.3 Å². The molecule has 0 radical (unpaired) electrons. The number of halogens is 1. The molecule has 0 amide bonds. The third-order valence-electron chi connectivity index (χ3n) is 7.00. The molecule has 4 heteroatoms. The SMILES string of the molecule is COc1cc(F)cc(CCC2CCc3cc([C@H]4CC[C@](N)(CO)C4)ccc3C2)c1. The summed E-state index contributed by atoms with van der Waals surface area (Å²) in [6.45, 7) is 0.0767. The molecule has 0 heterocycles. The molecule has 2 aliphatic carbocycles. The van der Waals surface area contributed by atoms with Gasteiger partial charge in [-0.3, -0.25) is 0 Å². The van der Waals surface area contributed by atoms with Gasteiger partial charge in [0.05, 0.1) is 13.7 Å². The van der Waals surface area contributed by atoms with E-state index in [1.807, 2.05) is 6.07 Å². The topological polar surface area (TPSA) is 55.5 Å². The van der Waals surface area contributed by atoms with Gasteiger partial charge in [0.25, 0.3) is 0 Å². The average molecular weight is 398 g/mol. The number of aryl methyl sites for hydroxylation is 2. The number of aliphatic hydroxyl groups excluding tert-OH is 1. The Morgan fingerprint density at radius 3 is 2.79 bits per heavy atom. The van der Waals surface area contributed by atoms with E-state index >= 15 is 0 Å². The van der Waals surface area contributed by atoms with Crippen molar-refractivity contribution >= 4 is 0 Å². The number of ether oxygens (including phenoxy) is 1. The molecule has 1 saturated carbocycles. The minimum Gasteiger partial charge on any atom is -0.497 e. The Hall–Kier alpha value is -1.91. The highest BCUT2D eigenvalue weighted by Crippen LogP contribution is 2.41. The maximum atomic E-state index is 13.7. The van der Waals surface area contributed by atoms with Crippen LogP contribution in [0.25, 0.3) is 0 Å². The molecule has 0 spiro atoms. The fraction of sp³-hybridized carbons (Fsp3) is 0.520. The Kier molecular flexibility index (Phi) is 5.93. The molecule has 0 aromatic heterocycles. The van der Waals surface area contributed by atoms with E-state index in [0.29, 0.717) is 17.6 Å². The number of nitrogens with two attached hydrogens (primary N) is 1. The van der Waals surface area contributed by atoms with Crippen LogP contribution in [-0.4, -0.2) is 24.4 Å². The van der Waals surface area contributed by atoms with Gasteiger partial charge in [-0.1, -0.05) is 18.2 Å². The summed E-state index contributed by atoms with van der Waals surface area (Å²) in [5.41, 5.74) is 11.2. The second kappa shape index (κ2) is 8.45. The lowest BCUT2D eigenvalue weighted by atomic mass is 9.79. The van der Waals surface area contributed by atoms with E-state index in [1.54, 1.807) is 13.2 Å². The second-order valence-electron chi connectivity index (χ2n) is 9.14. The summed E-state index contributed by atoms with van der Waals surface area (Å²) < 4.78 is 18.9. The van der Waals surface area contributed by atoms with Crippen LogP contribution in [0.2, 0.25) is 0 Å². The Bertz CT molecular complexity index is 868. The monoisotopic (exact) mass is 397 g/mol. The van der Waals surface area contributed by atoms with Crippen molar-refractivity contribution in [2.75, 3.05) is 13.7 Å². The molecular formula is C25H32FNO2. The first-order valence-corrected chi connectivity index (χ1v) is 10.8. The highest BCUT2D eigenvalue weighted by Gasteiger charge is 2.36. The molecule has 3 N–H and O–H groups in total. The summed E-state index contributed by atoms with van der Waals surface area (Å²) in [5.74, 6) is 1.48. The Labute approximate surface area is 173 Å². The maximum absolute atomic E-state index is 13.7. The van der Waals surface area contributed by atoms with Crippen LogP contribution in [0.1, 0.15) is 60.3 Å². The molecule has 4 rings (SSSR count). The standard InChI is InChI=1S/C25H32FNO2/c1-29-24-12-18(11-23(26)14-24)3-2-17-4-5-20-13-21(7-6-19(20)10-17)22-8-9-25(27,15-22)16-28/h6-7,11-14,17,22,28H,2-5,8-10,15-16,27H2,1H3/t17?,22-,25+/m0/s1. The molecular weight excluding hydrogens is 365 g/mol. The fourth-order valence-corrected chi connectivity index (χ4v) is 5.19. The van der Waals surface area contributed by atoms with E-state index in [0.717, 1.165) is 50.5 Å². The average Bonchev–Trinajstić information content (AvgIpc) is 3.14. The number of hydrogen-bond donors (Lipinski definition) is 2. The highest BCUT2D eigenvalue weighted by molar-refractivity contribution is 5.37. The summed E-state index contributed by atoms with van der Waals surface area (Å²) >= 11 is 0. The number of aliphatic hydroxyl groups is 1.